The molecule has 0 spiro atoms. The van der Waals surface area contributed by atoms with Crippen molar-refractivity contribution in [2.45, 2.75) is 65.8 Å². The summed E-state index contributed by atoms with van der Waals surface area (Å²) in [5.74, 6) is 0. The van der Waals surface area contributed by atoms with Gasteiger partial charge in [0.1, 0.15) is 0 Å². The molecule has 0 saturated carbocycles. The summed E-state index contributed by atoms with van der Waals surface area (Å²) >= 11 is 0. The molecule has 0 aliphatic heterocycles. The van der Waals surface area contributed by atoms with Gasteiger partial charge in [-0.3, -0.25) is 14.6 Å². The first-order chi connectivity index (χ1) is 7.74. The number of unbranched alkanes of at least 4 members (excludes halogenated alkanes) is 1. The lowest BCUT2D eigenvalue weighted by Crippen LogP contribution is -2.08. The molecule has 0 unspecified atom stereocenters. The number of hydrogen-bond acceptors (Lipinski definition) is 1. The molecule has 0 aromatic carbocycles. The van der Waals surface area contributed by atoms with Crippen LogP contribution in [0.4, 0.5) is 0 Å². The normalized spacial score (nSPS) is 10.9. The maximum Gasteiger partial charge on any atom is 0.267 e. The van der Waals surface area contributed by atoms with Crippen LogP contribution in [0.25, 0.3) is 0 Å². The molecule has 1 aromatic heterocycles. The Kier molecular flexibility index (Phi) is 5.36. The Labute approximate surface area is 97.8 Å². The van der Waals surface area contributed by atoms with Crippen LogP contribution in [0, 0.1) is 0 Å². The van der Waals surface area contributed by atoms with Gasteiger partial charge in [0, 0.05) is 17.8 Å². The molecule has 1 rings (SSSR count). The first-order valence-electron chi connectivity index (χ1n) is 6.55. The number of nitrogens with zero attached hydrogens (tertiary/aromatic N) is 1. The zero-order valence-corrected chi connectivity index (χ0v) is 10.8. The summed E-state index contributed by atoms with van der Waals surface area (Å²) in [5.41, 5.74) is 2.38. The van der Waals surface area contributed by atoms with E-state index in [1.165, 1.54) is 5.69 Å². The molecular formula is C13H24N2O. The fourth-order valence-corrected chi connectivity index (χ4v) is 2.09. The minimum Gasteiger partial charge on any atom is -0.289 e. The van der Waals surface area contributed by atoms with E-state index in [-0.39, 0.29) is 5.56 Å². The van der Waals surface area contributed by atoms with Crippen LogP contribution in [0.5, 0.6) is 0 Å². The molecule has 16 heavy (non-hydrogen) atoms. The van der Waals surface area contributed by atoms with E-state index < -0.39 is 0 Å². The van der Waals surface area contributed by atoms with Gasteiger partial charge in [-0.05, 0) is 19.3 Å². The highest BCUT2D eigenvalue weighted by Gasteiger charge is 2.12. The van der Waals surface area contributed by atoms with Crippen LogP contribution < -0.4 is 5.56 Å². The summed E-state index contributed by atoms with van der Waals surface area (Å²) in [5, 5.41) is 2.98. The van der Waals surface area contributed by atoms with Crippen LogP contribution in [0.15, 0.2) is 4.79 Å². The SMILES string of the molecule is CCCCn1[nH]c(=O)c(CCC)c1CCC. The van der Waals surface area contributed by atoms with E-state index in [4.69, 9.17) is 0 Å². The first kappa shape index (κ1) is 13.1. The fraction of sp³-hybridized carbons (Fsp3) is 0.769. The quantitative estimate of drug-likeness (QED) is 0.759. The average Bonchev–Trinajstić information content (AvgIpc) is 2.55. The highest BCUT2D eigenvalue weighted by molar-refractivity contribution is 5.18. The monoisotopic (exact) mass is 224 g/mol. The van der Waals surface area contributed by atoms with Gasteiger partial charge in [-0.15, -0.1) is 0 Å². The average molecular weight is 224 g/mol. The van der Waals surface area contributed by atoms with E-state index in [2.05, 4.69) is 30.6 Å². The Balaban J connectivity index is 2.97. The van der Waals surface area contributed by atoms with Crippen molar-refractivity contribution in [1.29, 1.82) is 0 Å². The summed E-state index contributed by atoms with van der Waals surface area (Å²) in [6, 6.07) is 0. The van der Waals surface area contributed by atoms with E-state index in [0.717, 1.165) is 50.6 Å². The molecule has 0 bridgehead atoms. The van der Waals surface area contributed by atoms with Gasteiger partial charge < -0.3 is 0 Å². The maximum absolute atomic E-state index is 11.8. The van der Waals surface area contributed by atoms with Gasteiger partial charge in [0.15, 0.2) is 0 Å². The van der Waals surface area contributed by atoms with Crippen LogP contribution in [-0.4, -0.2) is 9.78 Å². The molecule has 0 radical (unpaired) electrons. The molecule has 3 heteroatoms. The van der Waals surface area contributed by atoms with E-state index in [1.54, 1.807) is 0 Å². The number of aromatic nitrogens is 2. The predicted octanol–water partition coefficient (Wildman–Crippen LogP) is 2.88. The Bertz CT molecular complexity index is 362. The van der Waals surface area contributed by atoms with Gasteiger partial charge >= 0.3 is 0 Å². The molecule has 0 saturated heterocycles. The molecule has 1 N–H and O–H groups in total. The lowest BCUT2D eigenvalue weighted by Gasteiger charge is -2.08. The van der Waals surface area contributed by atoms with Gasteiger partial charge in [-0.1, -0.05) is 40.0 Å². The van der Waals surface area contributed by atoms with Crippen LogP contribution in [0.1, 0.15) is 57.7 Å². The fourth-order valence-electron chi connectivity index (χ4n) is 2.09. The van der Waals surface area contributed by atoms with Crippen molar-refractivity contribution in [2.24, 2.45) is 0 Å². The predicted molar refractivity (Wildman–Crippen MR) is 68.0 cm³/mol. The van der Waals surface area contributed by atoms with Crippen molar-refractivity contribution >= 4 is 0 Å². The van der Waals surface area contributed by atoms with Crippen molar-refractivity contribution < 1.29 is 0 Å². The Morgan fingerprint density at radius 2 is 1.75 bits per heavy atom. The molecule has 1 aromatic rings. The van der Waals surface area contributed by atoms with Gasteiger partial charge in [0.2, 0.25) is 0 Å². The summed E-state index contributed by atoms with van der Waals surface area (Å²) in [4.78, 5) is 11.8. The summed E-state index contributed by atoms with van der Waals surface area (Å²) in [6.07, 6.45) is 6.35. The van der Waals surface area contributed by atoms with E-state index in [1.807, 2.05) is 0 Å². The number of H-pyrrole nitrogens is 1. The van der Waals surface area contributed by atoms with Gasteiger partial charge in [-0.25, -0.2) is 0 Å². The summed E-state index contributed by atoms with van der Waals surface area (Å²) < 4.78 is 2.07. The topological polar surface area (TPSA) is 37.8 Å². The molecule has 0 amide bonds. The van der Waals surface area contributed by atoms with Crippen molar-refractivity contribution in [3.8, 4) is 0 Å². The highest BCUT2D eigenvalue weighted by Crippen LogP contribution is 2.10. The second-order valence-corrected chi connectivity index (χ2v) is 4.37. The molecule has 1 heterocycles. The van der Waals surface area contributed by atoms with E-state index in [0.29, 0.717) is 0 Å². The number of rotatable bonds is 7. The van der Waals surface area contributed by atoms with Crippen LogP contribution in [-0.2, 0) is 19.4 Å². The van der Waals surface area contributed by atoms with Gasteiger partial charge in [-0.2, -0.15) is 0 Å². The van der Waals surface area contributed by atoms with Crippen molar-refractivity contribution in [1.82, 2.24) is 9.78 Å². The van der Waals surface area contributed by atoms with Crippen LogP contribution in [0.2, 0.25) is 0 Å². The minimum absolute atomic E-state index is 0.126. The smallest absolute Gasteiger partial charge is 0.267 e. The minimum atomic E-state index is 0.126. The zero-order chi connectivity index (χ0) is 12.0. The number of hydrogen-bond donors (Lipinski definition) is 1. The molecule has 0 fully saturated rings. The van der Waals surface area contributed by atoms with Crippen molar-refractivity contribution in [3.63, 3.8) is 0 Å². The first-order valence-corrected chi connectivity index (χ1v) is 6.55. The largest absolute Gasteiger partial charge is 0.289 e. The molecular weight excluding hydrogens is 200 g/mol. The number of nitrogens with one attached hydrogen (secondary N) is 1. The Morgan fingerprint density at radius 3 is 2.31 bits per heavy atom. The second kappa shape index (κ2) is 6.56. The maximum atomic E-state index is 11.8. The third-order valence-electron chi connectivity index (χ3n) is 2.91. The zero-order valence-electron chi connectivity index (χ0n) is 10.8. The van der Waals surface area contributed by atoms with Crippen LogP contribution in [0.3, 0.4) is 0 Å². The number of aryl methyl sites for hydroxylation is 1. The lowest BCUT2D eigenvalue weighted by molar-refractivity contribution is 0.541. The summed E-state index contributed by atoms with van der Waals surface area (Å²) in [6.45, 7) is 7.41. The van der Waals surface area contributed by atoms with Gasteiger partial charge in [0.05, 0.1) is 0 Å². The van der Waals surface area contributed by atoms with E-state index >= 15 is 0 Å². The third-order valence-corrected chi connectivity index (χ3v) is 2.91. The molecule has 0 atom stereocenters. The van der Waals surface area contributed by atoms with Crippen molar-refractivity contribution in [2.75, 3.05) is 0 Å². The highest BCUT2D eigenvalue weighted by atomic mass is 16.1. The Morgan fingerprint density at radius 1 is 1.06 bits per heavy atom. The third kappa shape index (κ3) is 3.00. The van der Waals surface area contributed by atoms with E-state index in [9.17, 15) is 4.79 Å². The van der Waals surface area contributed by atoms with Gasteiger partial charge in [0.25, 0.3) is 5.56 Å². The lowest BCUT2D eigenvalue weighted by atomic mass is 10.1. The molecule has 0 aliphatic carbocycles. The molecule has 92 valence electrons. The second-order valence-electron chi connectivity index (χ2n) is 4.37. The summed E-state index contributed by atoms with van der Waals surface area (Å²) in [7, 11) is 0. The molecule has 0 aliphatic rings. The van der Waals surface area contributed by atoms with Crippen LogP contribution >= 0.6 is 0 Å². The molecule has 3 nitrogen and oxygen atoms in total. The van der Waals surface area contributed by atoms with Crippen molar-refractivity contribution in [3.05, 3.63) is 21.6 Å². The standard InChI is InChI=1S/C13H24N2O/c1-4-7-10-15-12(9-6-3)11(8-5-2)13(16)14-15/h4-10H2,1-3H3,(H,14,16). The number of aromatic amines is 1. The Hall–Kier alpha value is -0.990.